The van der Waals surface area contributed by atoms with Crippen molar-refractivity contribution in [2.24, 2.45) is 0 Å². The van der Waals surface area contributed by atoms with Crippen LogP contribution < -0.4 is 15.8 Å². The molecule has 0 aromatic carbocycles. The van der Waals surface area contributed by atoms with Gasteiger partial charge in [0.25, 0.3) is 11.5 Å². The molecule has 1 aliphatic heterocycles. The van der Waals surface area contributed by atoms with Crippen LogP contribution in [0.1, 0.15) is 39.6 Å². The predicted octanol–water partition coefficient (Wildman–Crippen LogP) is 1.95. The van der Waals surface area contributed by atoms with E-state index in [0.717, 1.165) is 54.0 Å². The first-order chi connectivity index (χ1) is 16.1. The van der Waals surface area contributed by atoms with Gasteiger partial charge in [-0.3, -0.25) is 19.5 Å². The molecule has 0 saturated carbocycles. The van der Waals surface area contributed by atoms with Crippen LogP contribution in [0.25, 0.3) is 11.0 Å². The second-order valence-corrected chi connectivity index (χ2v) is 7.87. The molecule has 0 radical (unpaired) electrons. The lowest BCUT2D eigenvalue weighted by Gasteiger charge is -2.41. The summed E-state index contributed by atoms with van der Waals surface area (Å²) in [4.78, 5) is 40.3. The Morgan fingerprint density at radius 2 is 2.16 bits per heavy atom. The van der Waals surface area contributed by atoms with Crippen LogP contribution in [0.15, 0.2) is 41.5 Å². The molecule has 31 heavy (non-hydrogen) atoms. The second-order valence-electron chi connectivity index (χ2n) is 7.87. The molecule has 1 atom stereocenters. The van der Waals surface area contributed by atoms with Crippen molar-refractivity contribution < 1.29 is 8.91 Å². The van der Waals surface area contributed by atoms with Crippen LogP contribution >= 0.6 is 0 Å². The first-order valence-corrected chi connectivity index (χ1v) is 10.4. The summed E-state index contributed by atoms with van der Waals surface area (Å²) in [6, 6.07) is 7.43. The molecule has 1 aliphatic rings. The SMILES string of the molecule is [2H]C([2H])([2H])NC(=O)c1ccc(N2CCN(Cc3cnc4cc(CC)c(=O)[nH]c4c3)[C@@H](C)C2)cn1. The van der Waals surface area contributed by atoms with E-state index < -0.39 is 12.9 Å². The van der Waals surface area contributed by atoms with Crippen LogP contribution in [0.2, 0.25) is 0 Å². The predicted molar refractivity (Wildman–Crippen MR) is 121 cm³/mol. The number of pyridine rings is 3. The van der Waals surface area contributed by atoms with Crippen LogP contribution in [0.5, 0.6) is 0 Å². The smallest absolute Gasteiger partial charge is 0.269 e. The third-order valence-corrected chi connectivity index (χ3v) is 5.82. The van der Waals surface area contributed by atoms with Gasteiger partial charge in [0.2, 0.25) is 0 Å². The fourth-order valence-electron chi connectivity index (χ4n) is 3.99. The van der Waals surface area contributed by atoms with E-state index in [1.165, 1.54) is 0 Å². The Morgan fingerprint density at radius 1 is 1.29 bits per heavy atom. The van der Waals surface area contributed by atoms with Crippen molar-refractivity contribution in [3.8, 4) is 0 Å². The highest BCUT2D eigenvalue weighted by Crippen LogP contribution is 2.21. The first-order valence-electron chi connectivity index (χ1n) is 11.9. The number of rotatable bonds is 5. The summed E-state index contributed by atoms with van der Waals surface area (Å²) in [5, 5.41) is 1.94. The molecule has 2 N–H and O–H groups in total. The number of aryl methyl sites for hydroxylation is 1. The number of nitrogens with one attached hydrogen (secondary N) is 2. The summed E-state index contributed by atoms with van der Waals surface area (Å²) < 4.78 is 21.4. The van der Waals surface area contributed by atoms with Crippen molar-refractivity contribution in [3.05, 3.63) is 63.8 Å². The van der Waals surface area contributed by atoms with Gasteiger partial charge < -0.3 is 15.2 Å². The van der Waals surface area contributed by atoms with Gasteiger partial charge in [-0.05, 0) is 43.2 Å². The van der Waals surface area contributed by atoms with E-state index in [1.54, 1.807) is 18.3 Å². The highest BCUT2D eigenvalue weighted by Gasteiger charge is 2.24. The Balaban J connectivity index is 1.40. The molecule has 4 rings (SSSR count). The largest absolute Gasteiger partial charge is 0.367 e. The molecule has 8 nitrogen and oxygen atoms in total. The lowest BCUT2D eigenvalue weighted by molar-refractivity contribution is 0.0958. The van der Waals surface area contributed by atoms with E-state index in [9.17, 15) is 9.59 Å². The zero-order valence-corrected chi connectivity index (χ0v) is 17.7. The zero-order chi connectivity index (χ0) is 24.5. The maximum atomic E-state index is 12.2. The Labute approximate surface area is 185 Å². The van der Waals surface area contributed by atoms with Crippen molar-refractivity contribution in [2.75, 3.05) is 31.5 Å². The lowest BCUT2D eigenvalue weighted by atomic mass is 10.1. The minimum Gasteiger partial charge on any atom is -0.367 e. The quantitative estimate of drug-likeness (QED) is 0.652. The van der Waals surface area contributed by atoms with Crippen molar-refractivity contribution in [2.45, 2.75) is 32.9 Å². The molecule has 162 valence electrons. The average Bonchev–Trinajstić information content (AvgIpc) is 2.79. The van der Waals surface area contributed by atoms with Crippen molar-refractivity contribution in [1.29, 1.82) is 0 Å². The molecule has 1 saturated heterocycles. The number of anilines is 1. The van der Waals surface area contributed by atoms with Crippen LogP contribution in [0.4, 0.5) is 5.69 Å². The highest BCUT2D eigenvalue weighted by molar-refractivity contribution is 5.92. The normalized spacial score (nSPS) is 19.0. The molecular formula is C23H28N6O2. The van der Waals surface area contributed by atoms with Gasteiger partial charge in [-0.15, -0.1) is 0 Å². The number of hydrogen-bond acceptors (Lipinski definition) is 6. The van der Waals surface area contributed by atoms with Crippen LogP contribution in [-0.4, -0.2) is 58.4 Å². The Bertz CT molecular complexity index is 1240. The van der Waals surface area contributed by atoms with E-state index >= 15 is 0 Å². The number of hydrogen-bond donors (Lipinski definition) is 2. The topological polar surface area (TPSA) is 94.2 Å². The van der Waals surface area contributed by atoms with Crippen LogP contribution in [-0.2, 0) is 13.0 Å². The number of nitrogens with zero attached hydrogens (tertiary/aromatic N) is 4. The van der Waals surface area contributed by atoms with Gasteiger partial charge >= 0.3 is 0 Å². The van der Waals surface area contributed by atoms with E-state index in [0.29, 0.717) is 6.42 Å². The molecule has 0 spiro atoms. The van der Waals surface area contributed by atoms with E-state index in [2.05, 4.69) is 31.7 Å². The summed E-state index contributed by atoms with van der Waals surface area (Å²) in [6.45, 7) is 4.67. The molecule has 0 aliphatic carbocycles. The number of carbonyl (C=O) groups excluding carboxylic acids is 1. The Hall–Kier alpha value is -3.26. The summed E-state index contributed by atoms with van der Waals surface area (Å²) in [7, 11) is 0. The molecule has 1 fully saturated rings. The second kappa shape index (κ2) is 8.85. The Kier molecular flexibility index (Phi) is 4.97. The third-order valence-electron chi connectivity index (χ3n) is 5.82. The standard InChI is InChI=1S/C23H28N6O2/c1-4-17-10-20-21(27-22(17)30)9-16(11-25-20)14-28-7-8-29(13-15(28)2)18-5-6-19(26-12-18)23(31)24-3/h5-6,9-12,15H,4,7-8,13-14H2,1-3H3,(H,24,31)(H,27,30)/t15-/m0/s1/i3D3. The number of aromatic amines is 1. The molecule has 1 amide bonds. The van der Waals surface area contributed by atoms with Crippen molar-refractivity contribution in [3.63, 3.8) is 0 Å². The molecule has 0 unspecified atom stereocenters. The van der Waals surface area contributed by atoms with Gasteiger partial charge in [0.05, 0.1) is 22.9 Å². The van der Waals surface area contributed by atoms with Crippen LogP contribution in [0.3, 0.4) is 0 Å². The minimum atomic E-state index is -2.54. The maximum absolute atomic E-state index is 12.2. The van der Waals surface area contributed by atoms with Gasteiger partial charge in [-0.1, -0.05) is 6.92 Å². The number of amides is 1. The highest BCUT2D eigenvalue weighted by atomic mass is 16.1. The van der Waals surface area contributed by atoms with Gasteiger partial charge in [0.1, 0.15) is 5.69 Å². The number of fused-ring (bicyclic) bond motifs is 1. The van der Waals surface area contributed by atoms with E-state index in [-0.39, 0.29) is 17.3 Å². The molecule has 3 aromatic heterocycles. The molecule has 4 heterocycles. The minimum absolute atomic E-state index is 0.0635. The summed E-state index contributed by atoms with van der Waals surface area (Å²) in [6.07, 6.45) is 4.14. The fourth-order valence-corrected chi connectivity index (χ4v) is 3.99. The zero-order valence-electron chi connectivity index (χ0n) is 20.7. The molecular weight excluding hydrogens is 392 g/mol. The monoisotopic (exact) mass is 423 g/mol. The van der Waals surface area contributed by atoms with Gasteiger partial charge in [-0.2, -0.15) is 0 Å². The maximum Gasteiger partial charge on any atom is 0.269 e. The molecule has 0 bridgehead atoms. The molecule has 8 heteroatoms. The summed E-state index contributed by atoms with van der Waals surface area (Å²) in [5.74, 6) is -0.721. The summed E-state index contributed by atoms with van der Waals surface area (Å²) in [5.41, 5.74) is 4.21. The van der Waals surface area contributed by atoms with Crippen molar-refractivity contribution in [1.82, 2.24) is 25.2 Å². The van der Waals surface area contributed by atoms with E-state index in [4.69, 9.17) is 4.11 Å². The van der Waals surface area contributed by atoms with Gasteiger partial charge in [0, 0.05) is 55.1 Å². The van der Waals surface area contributed by atoms with Gasteiger partial charge in [0.15, 0.2) is 0 Å². The number of aromatic nitrogens is 3. The van der Waals surface area contributed by atoms with Crippen LogP contribution in [0, 0.1) is 0 Å². The Morgan fingerprint density at radius 3 is 2.87 bits per heavy atom. The summed E-state index contributed by atoms with van der Waals surface area (Å²) >= 11 is 0. The first kappa shape index (κ1) is 17.4. The fraction of sp³-hybridized carbons (Fsp3) is 0.391. The van der Waals surface area contributed by atoms with E-state index in [1.807, 2.05) is 30.6 Å². The van der Waals surface area contributed by atoms with Crippen molar-refractivity contribution >= 4 is 22.6 Å². The number of H-pyrrole nitrogens is 1. The lowest BCUT2D eigenvalue weighted by Crippen LogP contribution is -2.51. The number of carbonyl (C=O) groups is 1. The third kappa shape index (κ3) is 4.44. The molecule has 3 aromatic rings. The van der Waals surface area contributed by atoms with Gasteiger partial charge in [-0.25, -0.2) is 4.98 Å². The number of piperazine rings is 1. The average molecular weight is 424 g/mol.